The largest absolute Gasteiger partial charge is 0.267 e. The molecule has 0 aromatic heterocycles. The van der Waals surface area contributed by atoms with Crippen LogP contribution in [0, 0.1) is 6.92 Å². The van der Waals surface area contributed by atoms with Gasteiger partial charge in [0.1, 0.15) is 0 Å². The van der Waals surface area contributed by atoms with Gasteiger partial charge >= 0.3 is 0 Å². The zero-order chi connectivity index (χ0) is 14.3. The van der Waals surface area contributed by atoms with Crippen molar-refractivity contribution >= 4 is 21.6 Å². The van der Waals surface area contributed by atoms with Crippen LogP contribution in [0.5, 0.6) is 0 Å². The molecule has 0 radical (unpaired) electrons. The summed E-state index contributed by atoms with van der Waals surface area (Å²) in [5.41, 5.74) is 1.76. The molecule has 4 nitrogen and oxygen atoms in total. The fourth-order valence-electron chi connectivity index (χ4n) is 1.88. The lowest BCUT2D eigenvalue weighted by molar-refractivity contribution is 0.283. The van der Waals surface area contributed by atoms with Gasteiger partial charge in [-0.05, 0) is 35.7 Å². The van der Waals surface area contributed by atoms with E-state index in [1.165, 1.54) is 0 Å². The van der Waals surface area contributed by atoms with Crippen molar-refractivity contribution in [2.45, 2.75) is 18.0 Å². The van der Waals surface area contributed by atoms with Crippen molar-refractivity contribution in [2.24, 2.45) is 0 Å². The third-order valence-electron chi connectivity index (χ3n) is 3.06. The van der Waals surface area contributed by atoms with Crippen LogP contribution in [0.25, 0.3) is 0 Å². The van der Waals surface area contributed by atoms with Crippen molar-refractivity contribution in [1.82, 2.24) is 4.47 Å². The minimum Gasteiger partial charge on any atom is -0.253 e. The zero-order valence-corrected chi connectivity index (χ0v) is 12.2. The number of rotatable bonds is 3. The van der Waals surface area contributed by atoms with Crippen LogP contribution in [0.1, 0.15) is 17.4 Å². The van der Waals surface area contributed by atoms with E-state index in [1.54, 1.807) is 48.5 Å². The van der Waals surface area contributed by atoms with Crippen LogP contribution in [0.15, 0.2) is 53.4 Å². The van der Waals surface area contributed by atoms with E-state index in [2.05, 4.69) is 0 Å². The van der Waals surface area contributed by atoms with Crippen LogP contribution in [-0.2, 0) is 14.9 Å². The molecule has 1 aliphatic rings. The summed E-state index contributed by atoms with van der Waals surface area (Å²) >= 11 is 5.80. The maximum absolute atomic E-state index is 12.3. The Hall–Kier alpha value is -1.40. The normalized spacial score (nSPS) is 21.7. The van der Waals surface area contributed by atoms with Crippen LogP contribution in [-0.4, -0.2) is 12.9 Å². The second-order valence-corrected chi connectivity index (χ2v) is 6.80. The SMILES string of the molecule is Cc1ccc(S(=O)(=O)N2OC2c2ccc(Cl)cc2)cc1. The van der Waals surface area contributed by atoms with Crippen LogP contribution in [0.2, 0.25) is 5.02 Å². The third kappa shape index (κ3) is 2.45. The molecule has 0 spiro atoms. The molecule has 2 aromatic rings. The van der Waals surface area contributed by atoms with Gasteiger partial charge < -0.3 is 0 Å². The van der Waals surface area contributed by atoms with Crippen LogP contribution in [0.4, 0.5) is 0 Å². The van der Waals surface area contributed by atoms with Gasteiger partial charge in [-0.1, -0.05) is 41.4 Å². The Bertz CT molecular complexity index is 726. The molecule has 1 heterocycles. The van der Waals surface area contributed by atoms with E-state index in [9.17, 15) is 8.42 Å². The van der Waals surface area contributed by atoms with Gasteiger partial charge in [0.05, 0.1) is 4.90 Å². The lowest BCUT2D eigenvalue weighted by Gasteiger charge is -2.03. The molecule has 20 heavy (non-hydrogen) atoms. The van der Waals surface area contributed by atoms with Gasteiger partial charge in [0.2, 0.25) is 0 Å². The molecule has 0 saturated carbocycles. The molecule has 1 saturated heterocycles. The van der Waals surface area contributed by atoms with E-state index in [-0.39, 0.29) is 4.90 Å². The Labute approximate surface area is 122 Å². The highest BCUT2D eigenvalue weighted by molar-refractivity contribution is 7.89. The lowest BCUT2D eigenvalue weighted by atomic mass is 10.2. The topological polar surface area (TPSA) is 49.7 Å². The predicted molar refractivity (Wildman–Crippen MR) is 75.5 cm³/mol. The second-order valence-electron chi connectivity index (χ2n) is 4.58. The van der Waals surface area contributed by atoms with Crippen LogP contribution < -0.4 is 0 Å². The van der Waals surface area contributed by atoms with E-state index < -0.39 is 16.3 Å². The third-order valence-corrected chi connectivity index (χ3v) is 4.93. The molecule has 2 atom stereocenters. The molecule has 6 heteroatoms. The van der Waals surface area contributed by atoms with E-state index in [0.29, 0.717) is 5.02 Å². The Kier molecular flexibility index (Phi) is 3.30. The first-order chi connectivity index (χ1) is 9.48. The first kappa shape index (κ1) is 13.6. The molecule has 1 aliphatic heterocycles. The van der Waals surface area contributed by atoms with Crippen molar-refractivity contribution in [3.8, 4) is 0 Å². The van der Waals surface area contributed by atoms with Crippen molar-refractivity contribution < 1.29 is 13.3 Å². The Morgan fingerprint density at radius 3 is 2.25 bits per heavy atom. The number of hydrogen-bond donors (Lipinski definition) is 0. The van der Waals surface area contributed by atoms with Gasteiger partial charge in [-0.15, -0.1) is 0 Å². The molecule has 0 amide bonds. The first-order valence-corrected chi connectivity index (χ1v) is 7.83. The molecule has 2 aromatic carbocycles. The number of hydrogen-bond acceptors (Lipinski definition) is 3. The predicted octanol–water partition coefficient (Wildman–Crippen LogP) is 3.28. The highest BCUT2D eigenvalue weighted by Crippen LogP contribution is 2.42. The molecule has 0 bridgehead atoms. The molecular formula is C14H12ClNO3S. The second kappa shape index (κ2) is 4.86. The molecule has 3 rings (SSSR count). The summed E-state index contributed by atoms with van der Waals surface area (Å²) in [7, 11) is -3.61. The molecule has 0 aliphatic carbocycles. The van der Waals surface area contributed by atoms with Crippen molar-refractivity contribution in [3.05, 3.63) is 64.7 Å². The van der Waals surface area contributed by atoms with Crippen molar-refractivity contribution in [1.29, 1.82) is 0 Å². The number of hydroxylamine groups is 1. The fraction of sp³-hybridized carbons (Fsp3) is 0.143. The summed E-state index contributed by atoms with van der Waals surface area (Å²) in [4.78, 5) is 5.42. The summed E-state index contributed by atoms with van der Waals surface area (Å²) in [5, 5.41) is 0.599. The van der Waals surface area contributed by atoms with Gasteiger partial charge in [0, 0.05) is 10.6 Å². The number of benzene rings is 2. The summed E-state index contributed by atoms with van der Waals surface area (Å²) in [5.74, 6) is 0. The summed E-state index contributed by atoms with van der Waals surface area (Å²) < 4.78 is 25.7. The number of nitrogens with zero attached hydrogens (tertiary/aromatic N) is 1. The van der Waals surface area contributed by atoms with E-state index in [0.717, 1.165) is 15.6 Å². The van der Waals surface area contributed by atoms with E-state index in [1.807, 2.05) is 6.92 Å². The molecule has 0 N–H and O–H groups in total. The number of aryl methyl sites for hydroxylation is 1. The maximum Gasteiger partial charge on any atom is 0.267 e. The molecule has 2 unspecified atom stereocenters. The van der Waals surface area contributed by atoms with Crippen molar-refractivity contribution in [2.75, 3.05) is 0 Å². The minimum atomic E-state index is -3.61. The van der Waals surface area contributed by atoms with Gasteiger partial charge in [-0.3, -0.25) is 4.84 Å². The molecule has 104 valence electrons. The average molecular weight is 310 g/mol. The van der Waals surface area contributed by atoms with E-state index in [4.69, 9.17) is 16.4 Å². The summed E-state index contributed by atoms with van der Waals surface area (Å²) in [6.07, 6.45) is -0.571. The smallest absolute Gasteiger partial charge is 0.253 e. The monoisotopic (exact) mass is 309 g/mol. The fourth-order valence-corrected chi connectivity index (χ4v) is 3.26. The minimum absolute atomic E-state index is 0.222. The van der Waals surface area contributed by atoms with Crippen LogP contribution >= 0.6 is 11.6 Å². The van der Waals surface area contributed by atoms with Gasteiger partial charge in [0.15, 0.2) is 6.23 Å². The standard InChI is InChI=1S/C14H12ClNO3S/c1-10-2-8-13(9-3-10)20(17,18)16-14(19-16)11-4-6-12(15)7-5-11/h2-9,14H,1H3. The van der Waals surface area contributed by atoms with Gasteiger partial charge in [0.25, 0.3) is 10.0 Å². The quantitative estimate of drug-likeness (QED) is 0.818. The van der Waals surface area contributed by atoms with Gasteiger partial charge in [-0.2, -0.15) is 0 Å². The highest BCUT2D eigenvalue weighted by atomic mass is 35.5. The highest BCUT2D eigenvalue weighted by Gasteiger charge is 2.48. The number of sulfonamides is 1. The first-order valence-electron chi connectivity index (χ1n) is 6.02. The van der Waals surface area contributed by atoms with E-state index >= 15 is 0 Å². The molecule has 1 fully saturated rings. The Morgan fingerprint density at radius 2 is 1.65 bits per heavy atom. The Balaban J connectivity index is 1.84. The summed E-state index contributed by atoms with van der Waals surface area (Å²) in [6, 6.07) is 13.6. The van der Waals surface area contributed by atoms with Crippen LogP contribution in [0.3, 0.4) is 0 Å². The zero-order valence-electron chi connectivity index (χ0n) is 10.7. The summed E-state index contributed by atoms with van der Waals surface area (Å²) in [6.45, 7) is 1.90. The maximum atomic E-state index is 12.3. The number of halogens is 1. The Morgan fingerprint density at radius 1 is 1.05 bits per heavy atom. The lowest BCUT2D eigenvalue weighted by Crippen LogP contribution is -2.12. The van der Waals surface area contributed by atoms with Gasteiger partial charge in [-0.25, -0.2) is 8.42 Å². The van der Waals surface area contributed by atoms with Crippen molar-refractivity contribution in [3.63, 3.8) is 0 Å². The molecular weight excluding hydrogens is 298 g/mol. The average Bonchev–Trinajstić information content (AvgIpc) is 3.21.